The Bertz CT molecular complexity index is 833. The van der Waals surface area contributed by atoms with Crippen LogP contribution in [0.1, 0.15) is 51.1 Å². The van der Waals surface area contributed by atoms with E-state index in [0.717, 1.165) is 11.1 Å². The Morgan fingerprint density at radius 1 is 1.20 bits per heavy atom. The summed E-state index contributed by atoms with van der Waals surface area (Å²) in [6.07, 6.45) is 0. The third-order valence-corrected chi connectivity index (χ3v) is 5.63. The van der Waals surface area contributed by atoms with Crippen LogP contribution >= 0.6 is 11.3 Å². The van der Waals surface area contributed by atoms with Crippen molar-refractivity contribution >= 4 is 28.8 Å². The van der Waals surface area contributed by atoms with E-state index in [1.165, 1.54) is 14.7 Å². The first-order valence-corrected chi connectivity index (χ1v) is 9.12. The van der Waals surface area contributed by atoms with Crippen LogP contribution in [0.25, 0.3) is 5.70 Å². The van der Waals surface area contributed by atoms with Crippen LogP contribution in [0, 0.1) is 13.8 Å². The van der Waals surface area contributed by atoms with Gasteiger partial charge in [-0.15, -0.1) is 11.3 Å². The molecule has 4 nitrogen and oxygen atoms in total. The van der Waals surface area contributed by atoms with E-state index in [0.29, 0.717) is 11.3 Å². The van der Waals surface area contributed by atoms with Gasteiger partial charge in [0, 0.05) is 26.6 Å². The minimum absolute atomic E-state index is 0.103. The summed E-state index contributed by atoms with van der Waals surface area (Å²) in [4.78, 5) is 29.3. The molecule has 0 fully saturated rings. The second-order valence-corrected chi connectivity index (χ2v) is 7.90. The van der Waals surface area contributed by atoms with Gasteiger partial charge in [-0.3, -0.25) is 14.5 Å². The Hall–Kier alpha value is -2.40. The van der Waals surface area contributed by atoms with Crippen LogP contribution in [0.2, 0.25) is 0 Å². The highest BCUT2D eigenvalue weighted by molar-refractivity contribution is 7.12. The highest BCUT2D eigenvalue weighted by atomic mass is 32.1. The van der Waals surface area contributed by atoms with Gasteiger partial charge < -0.3 is 5.32 Å². The first-order chi connectivity index (χ1) is 11.8. The van der Waals surface area contributed by atoms with Crippen LogP contribution in [0.15, 0.2) is 36.9 Å². The fraction of sp³-hybridized carbons (Fsp3) is 0.300. The molecule has 1 aliphatic rings. The summed E-state index contributed by atoms with van der Waals surface area (Å²) >= 11 is 1.72. The number of amides is 2. The maximum absolute atomic E-state index is 12.7. The molecule has 1 aliphatic heterocycles. The zero-order chi connectivity index (χ0) is 18.3. The van der Waals surface area contributed by atoms with Gasteiger partial charge in [-0.1, -0.05) is 24.8 Å². The standard InChI is InChI=1S/C20H22N2O2S/c1-11-10-18(15(5)25-11)12(2)21-19(23)14(4)22-13(3)16-8-6-7-9-17(16)20(22)24/h6-10,12,14H,3H2,1-2,4-5H3,(H,21,23)/t12-,14-/m1/s1. The lowest BCUT2D eigenvalue weighted by Gasteiger charge is -2.26. The molecule has 0 saturated heterocycles. The van der Waals surface area contributed by atoms with Gasteiger partial charge in [-0.2, -0.15) is 0 Å². The molecule has 25 heavy (non-hydrogen) atoms. The zero-order valence-corrected chi connectivity index (χ0v) is 15.7. The number of thiophene rings is 1. The van der Waals surface area contributed by atoms with Crippen LogP contribution in [-0.4, -0.2) is 22.8 Å². The van der Waals surface area contributed by atoms with Crippen LogP contribution < -0.4 is 5.32 Å². The van der Waals surface area contributed by atoms with E-state index >= 15 is 0 Å². The van der Waals surface area contributed by atoms with Crippen molar-refractivity contribution in [1.82, 2.24) is 10.2 Å². The third kappa shape index (κ3) is 3.00. The molecule has 0 radical (unpaired) electrons. The SMILES string of the molecule is C=C1c2ccccc2C(=O)N1[C@H](C)C(=O)N[C@H](C)c1cc(C)sc1C. The number of hydrogen-bond acceptors (Lipinski definition) is 3. The van der Waals surface area contributed by atoms with Gasteiger partial charge in [0.2, 0.25) is 5.91 Å². The van der Waals surface area contributed by atoms with Crippen LogP contribution in [0.4, 0.5) is 0 Å². The number of rotatable bonds is 4. The number of nitrogens with zero attached hydrogens (tertiary/aromatic N) is 1. The Morgan fingerprint density at radius 3 is 2.40 bits per heavy atom. The molecule has 5 heteroatoms. The Balaban J connectivity index is 1.76. The Labute approximate surface area is 152 Å². The molecule has 3 rings (SSSR count). The van der Waals surface area contributed by atoms with Gasteiger partial charge in [0.1, 0.15) is 6.04 Å². The summed E-state index contributed by atoms with van der Waals surface area (Å²) in [6.45, 7) is 11.8. The summed E-state index contributed by atoms with van der Waals surface area (Å²) in [5.74, 6) is -0.350. The molecule has 130 valence electrons. The summed E-state index contributed by atoms with van der Waals surface area (Å²) in [6, 6.07) is 8.71. The molecule has 1 aromatic carbocycles. The summed E-state index contributed by atoms with van der Waals surface area (Å²) in [5, 5.41) is 3.03. The van der Waals surface area contributed by atoms with E-state index in [2.05, 4.69) is 31.8 Å². The molecule has 2 atom stereocenters. The average molecular weight is 354 g/mol. The largest absolute Gasteiger partial charge is 0.348 e. The lowest BCUT2D eigenvalue weighted by molar-refractivity contribution is -0.124. The fourth-order valence-electron chi connectivity index (χ4n) is 3.32. The molecule has 2 amide bonds. The third-order valence-electron chi connectivity index (χ3n) is 4.65. The van der Waals surface area contributed by atoms with E-state index in [1.54, 1.807) is 24.3 Å². The fourth-order valence-corrected chi connectivity index (χ4v) is 4.34. The van der Waals surface area contributed by atoms with E-state index in [9.17, 15) is 9.59 Å². The molecule has 2 heterocycles. The van der Waals surface area contributed by atoms with Crippen molar-refractivity contribution in [3.63, 3.8) is 0 Å². The Morgan fingerprint density at radius 2 is 1.84 bits per heavy atom. The molecule has 0 bridgehead atoms. The monoisotopic (exact) mass is 354 g/mol. The van der Waals surface area contributed by atoms with Crippen LogP contribution in [0.5, 0.6) is 0 Å². The van der Waals surface area contributed by atoms with Crippen molar-refractivity contribution in [2.45, 2.75) is 39.8 Å². The second kappa shape index (κ2) is 6.48. The first-order valence-electron chi connectivity index (χ1n) is 8.30. The van der Waals surface area contributed by atoms with Crippen molar-refractivity contribution in [3.8, 4) is 0 Å². The zero-order valence-electron chi connectivity index (χ0n) is 14.9. The number of aryl methyl sites for hydroxylation is 2. The maximum atomic E-state index is 12.7. The predicted molar refractivity (Wildman–Crippen MR) is 101 cm³/mol. The number of fused-ring (bicyclic) bond motifs is 1. The minimum Gasteiger partial charge on any atom is -0.348 e. The molecule has 1 N–H and O–H groups in total. The van der Waals surface area contributed by atoms with E-state index < -0.39 is 6.04 Å². The first kappa shape index (κ1) is 17.4. The maximum Gasteiger partial charge on any atom is 0.259 e. The summed E-state index contributed by atoms with van der Waals surface area (Å²) in [7, 11) is 0. The topological polar surface area (TPSA) is 49.4 Å². The highest BCUT2D eigenvalue weighted by Crippen LogP contribution is 2.33. The number of hydrogen-bond donors (Lipinski definition) is 1. The van der Waals surface area contributed by atoms with Gasteiger partial charge in [0.25, 0.3) is 5.91 Å². The highest BCUT2D eigenvalue weighted by Gasteiger charge is 2.37. The van der Waals surface area contributed by atoms with Crippen LogP contribution in [-0.2, 0) is 4.79 Å². The molecular formula is C20H22N2O2S. The Kier molecular flexibility index (Phi) is 4.52. The average Bonchev–Trinajstić information content (AvgIpc) is 3.04. The number of benzene rings is 1. The number of carbonyl (C=O) groups excluding carboxylic acids is 2. The van der Waals surface area contributed by atoms with Crippen molar-refractivity contribution in [2.75, 3.05) is 0 Å². The smallest absolute Gasteiger partial charge is 0.259 e. The summed E-state index contributed by atoms with van der Waals surface area (Å²) < 4.78 is 0. The lowest BCUT2D eigenvalue weighted by Crippen LogP contribution is -2.45. The van der Waals surface area contributed by atoms with Gasteiger partial charge >= 0.3 is 0 Å². The van der Waals surface area contributed by atoms with Crippen molar-refractivity contribution < 1.29 is 9.59 Å². The van der Waals surface area contributed by atoms with Crippen molar-refractivity contribution in [1.29, 1.82) is 0 Å². The number of carbonyl (C=O) groups is 2. The predicted octanol–water partition coefficient (Wildman–Crippen LogP) is 4.06. The molecule has 1 aromatic heterocycles. The van der Waals surface area contributed by atoms with Gasteiger partial charge in [0.05, 0.1) is 6.04 Å². The van der Waals surface area contributed by atoms with E-state index in [4.69, 9.17) is 0 Å². The minimum atomic E-state index is -0.616. The lowest BCUT2D eigenvalue weighted by atomic mass is 10.1. The quantitative estimate of drug-likeness (QED) is 0.900. The molecular weight excluding hydrogens is 332 g/mol. The number of nitrogens with one attached hydrogen (secondary N) is 1. The normalized spacial score (nSPS) is 15.9. The van der Waals surface area contributed by atoms with Gasteiger partial charge in [-0.05, 0) is 45.4 Å². The molecule has 2 aromatic rings. The van der Waals surface area contributed by atoms with E-state index in [-0.39, 0.29) is 17.9 Å². The van der Waals surface area contributed by atoms with Gasteiger partial charge in [-0.25, -0.2) is 0 Å². The van der Waals surface area contributed by atoms with E-state index in [1.807, 2.05) is 25.1 Å². The van der Waals surface area contributed by atoms with Crippen LogP contribution in [0.3, 0.4) is 0 Å². The van der Waals surface area contributed by atoms with Crippen molar-refractivity contribution in [3.05, 3.63) is 63.4 Å². The molecule has 0 unspecified atom stereocenters. The molecule has 0 saturated carbocycles. The second-order valence-electron chi connectivity index (χ2n) is 6.44. The summed E-state index contributed by atoms with van der Waals surface area (Å²) in [5.41, 5.74) is 3.10. The van der Waals surface area contributed by atoms with Gasteiger partial charge in [0.15, 0.2) is 0 Å². The molecule has 0 spiro atoms. The molecule has 0 aliphatic carbocycles. The van der Waals surface area contributed by atoms with Crippen molar-refractivity contribution in [2.24, 2.45) is 0 Å².